The molecule has 1 aromatic carbocycles. The van der Waals surface area contributed by atoms with Crippen LogP contribution in [0.25, 0.3) is 0 Å². The quantitative estimate of drug-likeness (QED) is 0.725. The summed E-state index contributed by atoms with van der Waals surface area (Å²) in [6, 6.07) is 6.15. The van der Waals surface area contributed by atoms with Crippen LogP contribution >= 0.6 is 0 Å². The zero-order valence-corrected chi connectivity index (χ0v) is 12.9. The lowest BCUT2D eigenvalue weighted by Crippen LogP contribution is -2.34. The average molecular weight is 338 g/mol. The van der Waals surface area contributed by atoms with Gasteiger partial charge in [-0.15, -0.1) is 0 Å². The van der Waals surface area contributed by atoms with Gasteiger partial charge in [-0.25, -0.2) is 17.5 Å². The summed E-state index contributed by atoms with van der Waals surface area (Å²) in [6.45, 7) is 0.340. The van der Waals surface area contributed by atoms with E-state index in [2.05, 4.69) is 0 Å². The molecule has 0 radical (unpaired) electrons. The summed E-state index contributed by atoms with van der Waals surface area (Å²) in [5.74, 6) is -2.16. The van der Waals surface area contributed by atoms with Crippen LogP contribution in [-0.4, -0.2) is 54.4 Å². The monoisotopic (exact) mass is 338 g/mol. The molecule has 0 unspecified atom stereocenters. The van der Waals surface area contributed by atoms with Crippen LogP contribution in [0.15, 0.2) is 24.3 Å². The van der Waals surface area contributed by atoms with Gasteiger partial charge in [0.05, 0.1) is 23.3 Å². The molecule has 0 bridgehead atoms. The molecule has 9 heteroatoms. The highest BCUT2D eigenvalue weighted by Crippen LogP contribution is 2.23. The third kappa shape index (κ3) is 2.84. The van der Waals surface area contributed by atoms with Crippen LogP contribution in [0.1, 0.15) is 33.6 Å². The number of imide groups is 1. The Labute approximate surface area is 132 Å². The number of carbonyl (C=O) groups excluding carboxylic acids is 3. The molecular formula is C14H14N2O6S. The first-order valence-electron chi connectivity index (χ1n) is 7.06. The van der Waals surface area contributed by atoms with Gasteiger partial charge in [-0.2, -0.15) is 0 Å². The molecule has 3 rings (SSSR count). The second-order valence-electron chi connectivity index (χ2n) is 5.23. The lowest BCUT2D eigenvalue weighted by molar-refractivity contribution is -0.168. The zero-order chi connectivity index (χ0) is 16.6. The third-order valence-corrected chi connectivity index (χ3v) is 5.67. The van der Waals surface area contributed by atoms with Crippen molar-refractivity contribution in [3.8, 4) is 0 Å². The standard InChI is InChI=1S/C14H14N2O6S/c17-12(6-8-15-7-3-9-23(15,20)21)22-16-13(18)10-4-1-2-5-11(10)14(16)19/h1-2,4-5H,3,6-9H2. The van der Waals surface area contributed by atoms with Crippen LogP contribution in [0, 0.1) is 0 Å². The minimum absolute atomic E-state index is 0.0235. The SMILES string of the molecule is O=C(CCN1CCCS1(=O)=O)ON1C(=O)c2ccccc2C1=O. The summed E-state index contributed by atoms with van der Waals surface area (Å²) in [7, 11) is -3.30. The first-order chi connectivity index (χ1) is 10.9. The van der Waals surface area contributed by atoms with E-state index in [1.54, 1.807) is 12.1 Å². The first kappa shape index (κ1) is 15.6. The molecule has 2 aliphatic rings. The molecule has 0 aromatic heterocycles. The summed E-state index contributed by atoms with van der Waals surface area (Å²) in [5, 5.41) is 0.422. The molecule has 2 heterocycles. The first-order valence-corrected chi connectivity index (χ1v) is 8.67. The molecule has 23 heavy (non-hydrogen) atoms. The topological polar surface area (TPSA) is 101 Å². The molecule has 2 amide bonds. The molecule has 0 spiro atoms. The maximum absolute atomic E-state index is 12.0. The van der Waals surface area contributed by atoms with E-state index in [0.29, 0.717) is 18.0 Å². The Bertz CT molecular complexity index is 753. The van der Waals surface area contributed by atoms with Gasteiger partial charge < -0.3 is 4.84 Å². The number of sulfonamides is 1. The lowest BCUT2D eigenvalue weighted by Gasteiger charge is -2.15. The van der Waals surface area contributed by atoms with Crippen molar-refractivity contribution in [3.63, 3.8) is 0 Å². The maximum atomic E-state index is 12.0. The van der Waals surface area contributed by atoms with Gasteiger partial charge in [-0.1, -0.05) is 17.2 Å². The van der Waals surface area contributed by atoms with E-state index < -0.39 is 27.8 Å². The maximum Gasteiger partial charge on any atom is 0.334 e. The van der Waals surface area contributed by atoms with Crippen LogP contribution in [0.3, 0.4) is 0 Å². The zero-order valence-electron chi connectivity index (χ0n) is 12.1. The van der Waals surface area contributed by atoms with E-state index in [9.17, 15) is 22.8 Å². The van der Waals surface area contributed by atoms with Crippen molar-refractivity contribution < 1.29 is 27.6 Å². The molecule has 8 nitrogen and oxygen atoms in total. The van der Waals surface area contributed by atoms with Gasteiger partial charge in [-0.3, -0.25) is 9.59 Å². The van der Waals surface area contributed by atoms with E-state index in [4.69, 9.17) is 4.84 Å². The number of hydrogen-bond acceptors (Lipinski definition) is 6. The minimum atomic E-state index is -3.30. The number of fused-ring (bicyclic) bond motifs is 1. The Balaban J connectivity index is 1.61. The van der Waals surface area contributed by atoms with Crippen LogP contribution < -0.4 is 0 Å². The molecule has 1 aromatic rings. The number of hydrogen-bond donors (Lipinski definition) is 0. The highest BCUT2D eigenvalue weighted by atomic mass is 32.2. The van der Waals surface area contributed by atoms with Crippen molar-refractivity contribution in [2.24, 2.45) is 0 Å². The Hall–Kier alpha value is -2.26. The third-order valence-electron chi connectivity index (χ3n) is 3.72. The van der Waals surface area contributed by atoms with Crippen molar-refractivity contribution in [1.82, 2.24) is 9.37 Å². The van der Waals surface area contributed by atoms with Crippen LogP contribution in [-0.2, 0) is 19.7 Å². The fraction of sp³-hybridized carbons (Fsp3) is 0.357. The van der Waals surface area contributed by atoms with Crippen LogP contribution in [0.4, 0.5) is 0 Å². The van der Waals surface area contributed by atoms with Gasteiger partial charge in [0.2, 0.25) is 10.0 Å². The number of hydroxylamine groups is 2. The fourth-order valence-corrected chi connectivity index (χ4v) is 4.08. The van der Waals surface area contributed by atoms with Gasteiger partial charge in [0.1, 0.15) is 0 Å². The van der Waals surface area contributed by atoms with E-state index in [0.717, 1.165) is 0 Å². The largest absolute Gasteiger partial charge is 0.334 e. The predicted octanol–water partition coefficient (Wildman–Crippen LogP) is 0.166. The number of amides is 2. The van der Waals surface area contributed by atoms with Crippen molar-refractivity contribution in [2.75, 3.05) is 18.8 Å². The van der Waals surface area contributed by atoms with E-state index in [1.165, 1.54) is 16.4 Å². The Kier molecular flexibility index (Phi) is 3.90. The average Bonchev–Trinajstić information content (AvgIpc) is 2.98. The van der Waals surface area contributed by atoms with Crippen molar-refractivity contribution in [1.29, 1.82) is 0 Å². The Morgan fingerprint density at radius 3 is 2.26 bits per heavy atom. The molecule has 1 fully saturated rings. The van der Waals surface area contributed by atoms with Crippen molar-refractivity contribution >= 4 is 27.8 Å². The lowest BCUT2D eigenvalue weighted by atomic mass is 10.1. The highest BCUT2D eigenvalue weighted by molar-refractivity contribution is 7.89. The predicted molar refractivity (Wildman–Crippen MR) is 77.6 cm³/mol. The fourth-order valence-electron chi connectivity index (χ4n) is 2.56. The summed E-state index contributed by atoms with van der Waals surface area (Å²) >= 11 is 0. The molecule has 0 aliphatic carbocycles. The summed E-state index contributed by atoms with van der Waals surface area (Å²) < 4.78 is 24.5. The molecule has 122 valence electrons. The van der Waals surface area contributed by atoms with Gasteiger partial charge in [0, 0.05) is 13.1 Å². The van der Waals surface area contributed by atoms with Gasteiger partial charge >= 0.3 is 5.97 Å². The van der Waals surface area contributed by atoms with Gasteiger partial charge in [-0.05, 0) is 18.6 Å². The highest BCUT2D eigenvalue weighted by Gasteiger charge is 2.38. The summed E-state index contributed by atoms with van der Waals surface area (Å²) in [4.78, 5) is 40.7. The molecule has 0 N–H and O–H groups in total. The van der Waals surface area contributed by atoms with Crippen molar-refractivity contribution in [3.05, 3.63) is 35.4 Å². The normalized spacial score (nSPS) is 19.9. The second-order valence-corrected chi connectivity index (χ2v) is 7.32. The summed E-state index contributed by atoms with van der Waals surface area (Å²) in [6.07, 6.45) is 0.294. The number of rotatable bonds is 4. The molecule has 2 aliphatic heterocycles. The van der Waals surface area contributed by atoms with Crippen LogP contribution in [0.2, 0.25) is 0 Å². The van der Waals surface area contributed by atoms with Gasteiger partial charge in [0.15, 0.2) is 0 Å². The van der Waals surface area contributed by atoms with Crippen LogP contribution in [0.5, 0.6) is 0 Å². The number of nitrogens with zero attached hydrogens (tertiary/aromatic N) is 2. The van der Waals surface area contributed by atoms with E-state index in [1.807, 2.05) is 0 Å². The second kappa shape index (κ2) is 5.74. The van der Waals surface area contributed by atoms with Crippen molar-refractivity contribution in [2.45, 2.75) is 12.8 Å². The number of benzene rings is 1. The Morgan fingerprint density at radius 1 is 1.13 bits per heavy atom. The number of carbonyl (C=O) groups is 3. The smallest absolute Gasteiger partial charge is 0.330 e. The molecule has 0 saturated carbocycles. The summed E-state index contributed by atoms with van der Waals surface area (Å²) in [5.41, 5.74) is 0.347. The molecule has 1 saturated heterocycles. The van der Waals surface area contributed by atoms with E-state index in [-0.39, 0.29) is 29.8 Å². The molecular weight excluding hydrogens is 324 g/mol. The molecule has 0 atom stereocenters. The minimum Gasteiger partial charge on any atom is -0.330 e. The van der Waals surface area contributed by atoms with E-state index >= 15 is 0 Å². The Morgan fingerprint density at radius 2 is 1.74 bits per heavy atom. The van der Waals surface area contributed by atoms with Gasteiger partial charge in [0.25, 0.3) is 11.8 Å².